The Labute approximate surface area is 101 Å². The molecule has 0 aromatic rings. The van der Waals surface area contributed by atoms with Gasteiger partial charge in [0, 0.05) is 20.1 Å². The molecule has 1 aliphatic heterocycles. The zero-order valence-corrected chi connectivity index (χ0v) is 10.4. The largest absolute Gasteiger partial charge is 0.383 e. The minimum atomic E-state index is -0.493. The van der Waals surface area contributed by atoms with Crippen molar-refractivity contribution in [1.82, 2.24) is 16.0 Å². The molecule has 1 aliphatic rings. The first kappa shape index (κ1) is 13.9. The molecular formula is C11H21N3O3. The molecule has 1 saturated heterocycles. The predicted molar refractivity (Wildman–Crippen MR) is 63.5 cm³/mol. The van der Waals surface area contributed by atoms with E-state index in [0.29, 0.717) is 25.5 Å². The number of hydrogen-bond acceptors (Lipinski definition) is 4. The van der Waals surface area contributed by atoms with Crippen molar-refractivity contribution in [2.24, 2.45) is 5.92 Å². The van der Waals surface area contributed by atoms with Crippen LogP contribution in [0.4, 0.5) is 0 Å². The Bertz CT molecular complexity index is 267. The Morgan fingerprint density at radius 2 is 2.18 bits per heavy atom. The van der Waals surface area contributed by atoms with E-state index in [-0.39, 0.29) is 11.8 Å². The number of carbonyl (C=O) groups is 2. The molecule has 1 fully saturated rings. The third-order valence-electron chi connectivity index (χ3n) is 2.72. The number of amides is 2. The summed E-state index contributed by atoms with van der Waals surface area (Å²) in [7, 11) is 1.57. The first-order chi connectivity index (χ1) is 8.13. The van der Waals surface area contributed by atoms with E-state index >= 15 is 0 Å². The van der Waals surface area contributed by atoms with Crippen LogP contribution in [0.15, 0.2) is 0 Å². The van der Waals surface area contributed by atoms with Gasteiger partial charge in [-0.3, -0.25) is 9.59 Å². The lowest BCUT2D eigenvalue weighted by Gasteiger charge is -2.26. The van der Waals surface area contributed by atoms with Crippen molar-refractivity contribution in [3.63, 3.8) is 0 Å². The predicted octanol–water partition coefficient (Wildman–Crippen LogP) is -1.14. The number of carbonyl (C=O) groups excluding carboxylic acids is 2. The van der Waals surface area contributed by atoms with Gasteiger partial charge in [0.2, 0.25) is 11.8 Å². The van der Waals surface area contributed by atoms with Gasteiger partial charge in [-0.1, -0.05) is 0 Å². The summed E-state index contributed by atoms with van der Waals surface area (Å²) in [5, 5.41) is 8.47. The summed E-state index contributed by atoms with van der Waals surface area (Å²) in [6.07, 6.45) is 0.489. The fourth-order valence-electron chi connectivity index (χ4n) is 1.55. The minimum Gasteiger partial charge on any atom is -0.383 e. The molecule has 3 N–H and O–H groups in total. The van der Waals surface area contributed by atoms with Gasteiger partial charge >= 0.3 is 0 Å². The summed E-state index contributed by atoms with van der Waals surface area (Å²) < 4.78 is 4.82. The average molecular weight is 243 g/mol. The third kappa shape index (κ3) is 5.14. The standard InChI is InChI=1S/C11H21N3O3/c1-8(11(16)13-3-4-17-2)14-10(15)5-9-6-12-7-9/h8-9,12H,3-7H2,1-2H3,(H,13,16)(H,14,15). The highest BCUT2D eigenvalue weighted by atomic mass is 16.5. The molecule has 17 heavy (non-hydrogen) atoms. The molecule has 6 heteroatoms. The van der Waals surface area contributed by atoms with Crippen LogP contribution in [0, 0.1) is 5.92 Å². The zero-order chi connectivity index (χ0) is 12.7. The van der Waals surface area contributed by atoms with Crippen LogP contribution in [-0.4, -0.2) is 51.2 Å². The molecule has 2 amide bonds. The van der Waals surface area contributed by atoms with Crippen LogP contribution >= 0.6 is 0 Å². The van der Waals surface area contributed by atoms with Crippen molar-refractivity contribution < 1.29 is 14.3 Å². The van der Waals surface area contributed by atoms with Crippen molar-refractivity contribution >= 4 is 11.8 Å². The average Bonchev–Trinajstić information content (AvgIpc) is 2.23. The molecule has 0 aromatic carbocycles. The van der Waals surface area contributed by atoms with E-state index in [2.05, 4.69) is 16.0 Å². The van der Waals surface area contributed by atoms with E-state index in [1.807, 2.05) is 0 Å². The Balaban J connectivity index is 2.15. The molecule has 0 aromatic heterocycles. The number of ether oxygens (including phenoxy) is 1. The summed E-state index contributed by atoms with van der Waals surface area (Å²) >= 11 is 0. The zero-order valence-electron chi connectivity index (χ0n) is 10.4. The number of hydrogen-bond donors (Lipinski definition) is 3. The van der Waals surface area contributed by atoms with Gasteiger partial charge in [0.15, 0.2) is 0 Å². The third-order valence-corrected chi connectivity index (χ3v) is 2.72. The van der Waals surface area contributed by atoms with Gasteiger partial charge in [-0.2, -0.15) is 0 Å². The minimum absolute atomic E-state index is 0.0640. The molecule has 1 atom stereocenters. The molecule has 0 bridgehead atoms. The van der Waals surface area contributed by atoms with Crippen molar-refractivity contribution in [1.29, 1.82) is 0 Å². The summed E-state index contributed by atoms with van der Waals surface area (Å²) in [5.41, 5.74) is 0. The molecule has 0 radical (unpaired) electrons. The van der Waals surface area contributed by atoms with Crippen LogP contribution in [-0.2, 0) is 14.3 Å². The molecule has 98 valence electrons. The second-order valence-electron chi connectivity index (χ2n) is 4.30. The van der Waals surface area contributed by atoms with Gasteiger partial charge in [-0.15, -0.1) is 0 Å². The van der Waals surface area contributed by atoms with Crippen LogP contribution in [0.2, 0.25) is 0 Å². The SMILES string of the molecule is COCCNC(=O)C(C)NC(=O)CC1CNC1. The lowest BCUT2D eigenvalue weighted by atomic mass is 9.99. The van der Waals surface area contributed by atoms with Crippen LogP contribution in [0.3, 0.4) is 0 Å². The maximum Gasteiger partial charge on any atom is 0.242 e. The monoisotopic (exact) mass is 243 g/mol. The maximum atomic E-state index is 11.5. The molecule has 1 heterocycles. The van der Waals surface area contributed by atoms with E-state index in [1.54, 1.807) is 14.0 Å². The Morgan fingerprint density at radius 1 is 1.47 bits per heavy atom. The van der Waals surface area contributed by atoms with Gasteiger partial charge in [0.05, 0.1) is 6.61 Å². The molecule has 0 aliphatic carbocycles. The topological polar surface area (TPSA) is 79.5 Å². The van der Waals surface area contributed by atoms with Crippen LogP contribution < -0.4 is 16.0 Å². The van der Waals surface area contributed by atoms with Crippen LogP contribution in [0.1, 0.15) is 13.3 Å². The highest BCUT2D eigenvalue weighted by Crippen LogP contribution is 2.07. The van der Waals surface area contributed by atoms with Crippen LogP contribution in [0.25, 0.3) is 0 Å². The van der Waals surface area contributed by atoms with Gasteiger partial charge in [-0.25, -0.2) is 0 Å². The Morgan fingerprint density at radius 3 is 2.71 bits per heavy atom. The lowest BCUT2D eigenvalue weighted by Crippen LogP contribution is -2.49. The second kappa shape index (κ2) is 7.24. The first-order valence-electron chi connectivity index (χ1n) is 5.90. The van der Waals surface area contributed by atoms with Crippen molar-refractivity contribution in [2.45, 2.75) is 19.4 Å². The van der Waals surface area contributed by atoms with E-state index in [4.69, 9.17) is 4.74 Å². The van der Waals surface area contributed by atoms with Gasteiger partial charge < -0.3 is 20.7 Å². The van der Waals surface area contributed by atoms with Crippen molar-refractivity contribution in [3.05, 3.63) is 0 Å². The summed E-state index contributed by atoms with van der Waals surface area (Å²) in [6, 6.07) is -0.493. The lowest BCUT2D eigenvalue weighted by molar-refractivity contribution is -0.129. The molecule has 1 unspecified atom stereocenters. The van der Waals surface area contributed by atoms with Gasteiger partial charge in [0.1, 0.15) is 6.04 Å². The smallest absolute Gasteiger partial charge is 0.242 e. The Kier molecular flexibility index (Phi) is 5.93. The van der Waals surface area contributed by atoms with Crippen molar-refractivity contribution in [2.75, 3.05) is 33.4 Å². The fraction of sp³-hybridized carbons (Fsp3) is 0.818. The number of nitrogens with one attached hydrogen (secondary N) is 3. The molecule has 0 spiro atoms. The first-order valence-corrected chi connectivity index (χ1v) is 5.90. The Hall–Kier alpha value is -1.14. The van der Waals surface area contributed by atoms with Gasteiger partial charge in [-0.05, 0) is 25.9 Å². The summed E-state index contributed by atoms with van der Waals surface area (Å²) in [6.45, 7) is 4.39. The summed E-state index contributed by atoms with van der Waals surface area (Å²) in [4.78, 5) is 23.1. The second-order valence-corrected chi connectivity index (χ2v) is 4.30. The van der Waals surface area contributed by atoms with Crippen molar-refractivity contribution in [3.8, 4) is 0 Å². The van der Waals surface area contributed by atoms with E-state index < -0.39 is 6.04 Å². The molecule has 1 rings (SSSR count). The normalized spacial score (nSPS) is 17.1. The summed E-state index contributed by atoms with van der Waals surface area (Å²) in [5.74, 6) is 0.173. The number of methoxy groups -OCH3 is 1. The fourth-order valence-corrected chi connectivity index (χ4v) is 1.55. The highest BCUT2D eigenvalue weighted by Gasteiger charge is 2.22. The number of rotatable bonds is 7. The highest BCUT2D eigenvalue weighted by molar-refractivity contribution is 5.87. The van der Waals surface area contributed by atoms with Gasteiger partial charge in [0.25, 0.3) is 0 Å². The van der Waals surface area contributed by atoms with E-state index in [1.165, 1.54) is 0 Å². The molecule has 0 saturated carbocycles. The molecule has 6 nitrogen and oxygen atoms in total. The quantitative estimate of drug-likeness (QED) is 0.494. The maximum absolute atomic E-state index is 11.5. The van der Waals surface area contributed by atoms with E-state index in [0.717, 1.165) is 13.1 Å². The van der Waals surface area contributed by atoms with Crippen LogP contribution in [0.5, 0.6) is 0 Å². The van der Waals surface area contributed by atoms with E-state index in [9.17, 15) is 9.59 Å². The molecular weight excluding hydrogens is 222 g/mol.